The molecule has 0 aliphatic carbocycles. The molecule has 0 unspecified atom stereocenters. The highest BCUT2D eigenvalue weighted by Gasteiger charge is 2.38. The molecule has 5 heteroatoms. The first-order valence-corrected chi connectivity index (χ1v) is 7.62. The molecule has 1 aromatic carbocycles. The summed E-state index contributed by atoms with van der Waals surface area (Å²) in [5.74, 6) is -0.0745. The van der Waals surface area contributed by atoms with Gasteiger partial charge in [0.15, 0.2) is 0 Å². The second-order valence-electron chi connectivity index (χ2n) is 6.56. The van der Waals surface area contributed by atoms with Crippen LogP contribution in [0.4, 0.5) is 10.5 Å². The Hall–Kier alpha value is -2.04. The van der Waals surface area contributed by atoms with Crippen molar-refractivity contribution in [3.63, 3.8) is 0 Å². The highest BCUT2D eigenvalue weighted by atomic mass is 16.6. The van der Waals surface area contributed by atoms with E-state index in [0.29, 0.717) is 13.0 Å². The molecule has 22 heavy (non-hydrogen) atoms. The van der Waals surface area contributed by atoms with Gasteiger partial charge in [0.05, 0.1) is 0 Å². The Morgan fingerprint density at radius 1 is 1.23 bits per heavy atom. The van der Waals surface area contributed by atoms with Gasteiger partial charge in [0.2, 0.25) is 5.91 Å². The second kappa shape index (κ2) is 6.38. The molecule has 0 radical (unpaired) electrons. The predicted octanol–water partition coefficient (Wildman–Crippen LogP) is 3.05. The van der Waals surface area contributed by atoms with Gasteiger partial charge in [-0.25, -0.2) is 4.79 Å². The minimum absolute atomic E-state index is 0.0745. The van der Waals surface area contributed by atoms with Gasteiger partial charge in [-0.15, -0.1) is 0 Å². The molecular weight excluding hydrogens is 280 g/mol. The summed E-state index contributed by atoms with van der Waals surface area (Å²) in [7, 11) is 1.74. The summed E-state index contributed by atoms with van der Waals surface area (Å²) < 4.78 is 5.40. The summed E-state index contributed by atoms with van der Waals surface area (Å²) in [6, 6.07) is 9.00. The summed E-state index contributed by atoms with van der Waals surface area (Å²) >= 11 is 0. The molecule has 0 bridgehead atoms. The van der Waals surface area contributed by atoms with Gasteiger partial charge >= 0.3 is 6.09 Å². The number of carbonyl (C=O) groups is 2. The molecule has 1 saturated heterocycles. The van der Waals surface area contributed by atoms with Crippen molar-refractivity contribution in [2.24, 2.45) is 0 Å². The minimum atomic E-state index is -0.557. The van der Waals surface area contributed by atoms with Gasteiger partial charge in [0.25, 0.3) is 0 Å². The monoisotopic (exact) mass is 304 g/mol. The Kier molecular flexibility index (Phi) is 4.74. The van der Waals surface area contributed by atoms with Gasteiger partial charge in [-0.2, -0.15) is 0 Å². The van der Waals surface area contributed by atoms with Crippen LogP contribution in [0.2, 0.25) is 0 Å². The average Bonchev–Trinajstić information content (AvgIpc) is 2.94. The lowest BCUT2D eigenvalue weighted by Crippen LogP contribution is -2.48. The van der Waals surface area contributed by atoms with Gasteiger partial charge in [0.1, 0.15) is 11.6 Å². The van der Waals surface area contributed by atoms with Gasteiger partial charge in [-0.1, -0.05) is 18.2 Å². The first-order chi connectivity index (χ1) is 10.3. The molecule has 2 amide bonds. The fourth-order valence-electron chi connectivity index (χ4n) is 2.56. The van der Waals surface area contributed by atoms with E-state index >= 15 is 0 Å². The van der Waals surface area contributed by atoms with Gasteiger partial charge in [0, 0.05) is 19.3 Å². The van der Waals surface area contributed by atoms with Gasteiger partial charge in [-0.3, -0.25) is 9.69 Å². The van der Waals surface area contributed by atoms with E-state index in [1.165, 1.54) is 0 Å². The van der Waals surface area contributed by atoms with E-state index in [4.69, 9.17) is 4.74 Å². The van der Waals surface area contributed by atoms with Crippen LogP contribution in [-0.2, 0) is 9.53 Å². The van der Waals surface area contributed by atoms with Crippen molar-refractivity contribution < 1.29 is 14.3 Å². The lowest BCUT2D eigenvalue weighted by molar-refractivity contribution is -0.122. The summed E-state index contributed by atoms with van der Waals surface area (Å²) in [5, 5.41) is 0. The molecule has 1 heterocycles. The van der Waals surface area contributed by atoms with Crippen molar-refractivity contribution in [3.8, 4) is 0 Å². The number of carbonyl (C=O) groups excluding carboxylic acids is 2. The number of hydrogen-bond acceptors (Lipinski definition) is 3. The molecule has 0 spiro atoms. The fourth-order valence-corrected chi connectivity index (χ4v) is 2.56. The summed E-state index contributed by atoms with van der Waals surface area (Å²) in [6.45, 7) is 6.05. The molecule has 1 aliphatic rings. The van der Waals surface area contributed by atoms with E-state index in [9.17, 15) is 9.59 Å². The molecule has 1 atom stereocenters. The van der Waals surface area contributed by atoms with Crippen LogP contribution in [0.3, 0.4) is 0 Å². The van der Waals surface area contributed by atoms with Crippen LogP contribution in [0, 0.1) is 0 Å². The van der Waals surface area contributed by atoms with Crippen molar-refractivity contribution in [2.45, 2.75) is 45.3 Å². The third-order valence-corrected chi connectivity index (χ3v) is 3.64. The minimum Gasteiger partial charge on any atom is -0.444 e. The molecule has 1 aromatic rings. The molecule has 1 aliphatic heterocycles. The van der Waals surface area contributed by atoms with Crippen molar-refractivity contribution in [2.75, 3.05) is 18.5 Å². The van der Waals surface area contributed by atoms with E-state index in [2.05, 4.69) is 0 Å². The Morgan fingerprint density at radius 3 is 2.45 bits per heavy atom. The number of likely N-dealkylation sites (N-methyl/N-ethyl adjacent to an activating group) is 1. The van der Waals surface area contributed by atoms with Crippen LogP contribution in [-0.4, -0.2) is 42.1 Å². The van der Waals surface area contributed by atoms with Crippen molar-refractivity contribution in [1.82, 2.24) is 4.90 Å². The standard InChI is InChI=1S/C17H24N2O3/c1-17(2,3)22-16(21)19-12-8-11-14(19)15(20)18(4)13-9-6-5-7-10-13/h5-7,9-10,14H,8,11-12H2,1-4H3/t14-/m0/s1. The summed E-state index contributed by atoms with van der Waals surface area (Å²) in [5.41, 5.74) is 0.266. The van der Waals surface area contributed by atoms with Gasteiger partial charge < -0.3 is 9.64 Å². The number of anilines is 1. The smallest absolute Gasteiger partial charge is 0.410 e. The van der Waals surface area contributed by atoms with Gasteiger partial charge in [-0.05, 0) is 45.7 Å². The third kappa shape index (κ3) is 3.78. The van der Waals surface area contributed by atoms with Crippen LogP contribution in [0.15, 0.2) is 30.3 Å². The highest BCUT2D eigenvalue weighted by molar-refractivity contribution is 5.98. The molecule has 0 N–H and O–H groups in total. The topological polar surface area (TPSA) is 49.9 Å². The van der Waals surface area contributed by atoms with Crippen molar-refractivity contribution in [1.29, 1.82) is 0 Å². The SMILES string of the molecule is CN(C(=O)[C@@H]1CCCN1C(=O)OC(C)(C)C)c1ccccc1. The molecule has 0 saturated carbocycles. The second-order valence-corrected chi connectivity index (χ2v) is 6.56. The quantitative estimate of drug-likeness (QED) is 0.844. The van der Waals surface area contributed by atoms with Crippen LogP contribution in [0.25, 0.3) is 0 Å². The lowest BCUT2D eigenvalue weighted by atomic mass is 10.2. The van der Waals surface area contributed by atoms with Crippen LogP contribution in [0.1, 0.15) is 33.6 Å². The van der Waals surface area contributed by atoms with E-state index in [1.807, 2.05) is 51.1 Å². The number of ether oxygens (including phenoxy) is 1. The average molecular weight is 304 g/mol. The molecule has 1 fully saturated rings. The molecule has 2 rings (SSSR count). The van der Waals surface area contributed by atoms with Crippen LogP contribution in [0.5, 0.6) is 0 Å². The number of rotatable bonds is 2. The van der Waals surface area contributed by atoms with E-state index in [1.54, 1.807) is 16.8 Å². The Morgan fingerprint density at radius 2 is 1.86 bits per heavy atom. The molecule has 120 valence electrons. The van der Waals surface area contributed by atoms with Crippen LogP contribution < -0.4 is 4.90 Å². The fraction of sp³-hybridized carbons (Fsp3) is 0.529. The number of likely N-dealkylation sites (tertiary alicyclic amines) is 1. The third-order valence-electron chi connectivity index (χ3n) is 3.64. The number of hydrogen-bond donors (Lipinski definition) is 0. The zero-order valence-corrected chi connectivity index (χ0v) is 13.7. The molecule has 5 nitrogen and oxygen atoms in total. The maximum Gasteiger partial charge on any atom is 0.410 e. The van der Waals surface area contributed by atoms with Crippen molar-refractivity contribution >= 4 is 17.7 Å². The molecular formula is C17H24N2O3. The number of nitrogens with zero attached hydrogens (tertiary/aromatic N) is 2. The van der Waals surface area contributed by atoms with E-state index in [0.717, 1.165) is 12.1 Å². The first-order valence-electron chi connectivity index (χ1n) is 7.62. The maximum absolute atomic E-state index is 12.7. The van der Waals surface area contributed by atoms with Crippen LogP contribution >= 0.6 is 0 Å². The summed E-state index contributed by atoms with van der Waals surface area (Å²) in [6.07, 6.45) is 1.08. The number of para-hydroxylation sites is 1. The highest BCUT2D eigenvalue weighted by Crippen LogP contribution is 2.24. The van der Waals surface area contributed by atoms with E-state index < -0.39 is 17.7 Å². The largest absolute Gasteiger partial charge is 0.444 e. The zero-order valence-electron chi connectivity index (χ0n) is 13.7. The number of benzene rings is 1. The van der Waals surface area contributed by atoms with Crippen molar-refractivity contribution in [3.05, 3.63) is 30.3 Å². The van der Waals surface area contributed by atoms with E-state index in [-0.39, 0.29) is 5.91 Å². The summed E-state index contributed by atoms with van der Waals surface area (Å²) in [4.78, 5) is 28.1. The Bertz CT molecular complexity index is 537. The predicted molar refractivity (Wildman–Crippen MR) is 85.8 cm³/mol. The zero-order chi connectivity index (χ0) is 16.3. The first kappa shape index (κ1) is 16.3. The molecule has 0 aromatic heterocycles. The Labute approximate surface area is 131 Å². The normalized spacial score (nSPS) is 18.2. The Balaban J connectivity index is 2.10. The maximum atomic E-state index is 12.7. The lowest BCUT2D eigenvalue weighted by Gasteiger charge is -2.30. The number of amides is 2.